The van der Waals surface area contributed by atoms with Gasteiger partial charge in [0.05, 0.1) is 23.3 Å². The molecule has 0 N–H and O–H groups in total. The molecule has 1 fully saturated rings. The second-order valence-electron chi connectivity index (χ2n) is 6.80. The van der Waals surface area contributed by atoms with Crippen LogP contribution >= 0.6 is 0 Å². The summed E-state index contributed by atoms with van der Waals surface area (Å²) in [4.78, 5) is 25.2. The highest BCUT2D eigenvalue weighted by Crippen LogP contribution is 2.47. The fourth-order valence-corrected chi connectivity index (χ4v) is 4.01. The average molecular weight is 356 g/mol. The van der Waals surface area contributed by atoms with Crippen molar-refractivity contribution >= 4 is 5.78 Å². The summed E-state index contributed by atoms with van der Waals surface area (Å²) in [5, 5.41) is 4.98. The average Bonchev–Trinajstić information content (AvgIpc) is 2.75. The molecule has 0 amide bonds. The fraction of sp³-hybridized carbons (Fsp3) is 0.174. The zero-order chi connectivity index (χ0) is 18.6. The first-order valence-electron chi connectivity index (χ1n) is 9.08. The van der Waals surface area contributed by atoms with Gasteiger partial charge in [-0.15, -0.1) is 4.91 Å². The summed E-state index contributed by atoms with van der Waals surface area (Å²) in [6, 6.07) is 28.2. The molecule has 0 saturated carbocycles. The number of hydrogen-bond donors (Lipinski definition) is 0. The molecule has 4 rings (SSSR count). The molecule has 0 unspecified atom stereocenters. The van der Waals surface area contributed by atoms with Gasteiger partial charge in [-0.3, -0.25) is 4.79 Å². The molecule has 134 valence electrons. The van der Waals surface area contributed by atoms with Gasteiger partial charge in [-0.1, -0.05) is 91.0 Å². The molecule has 0 bridgehead atoms. The number of carbonyl (C=O) groups excluding carboxylic acids is 1. The molecule has 0 spiro atoms. The third kappa shape index (κ3) is 3.26. The Balaban J connectivity index is 1.84. The van der Waals surface area contributed by atoms with Gasteiger partial charge in [-0.25, -0.2) is 5.01 Å². The summed E-state index contributed by atoms with van der Waals surface area (Å²) in [6.07, 6.45) is 0.263. The highest BCUT2D eigenvalue weighted by Gasteiger charge is 2.45. The molecule has 1 saturated heterocycles. The lowest BCUT2D eigenvalue weighted by Crippen LogP contribution is -2.41. The lowest BCUT2D eigenvalue weighted by Gasteiger charge is -2.42. The zero-order valence-electron chi connectivity index (χ0n) is 14.8. The maximum atomic E-state index is 13.3. The quantitative estimate of drug-likeness (QED) is 0.603. The molecule has 1 heterocycles. The van der Waals surface area contributed by atoms with E-state index in [9.17, 15) is 9.70 Å². The Morgan fingerprint density at radius 1 is 0.704 bits per heavy atom. The molecular weight excluding hydrogens is 336 g/mol. The minimum atomic E-state index is -0.433. The standard InChI is InChI=1S/C23H20N2O2/c26-21-16-20(17-10-4-1-5-11-17)25(24-27)23(19-14-8-3-9-15-19)22(21)18-12-6-2-7-13-18/h1-15,20,22-23H,16H2/t20-,22+,23-/m0/s1. The molecule has 3 atom stereocenters. The molecular formula is C23H20N2O2. The van der Waals surface area contributed by atoms with Crippen molar-refractivity contribution in [2.45, 2.75) is 24.4 Å². The summed E-state index contributed by atoms with van der Waals surface area (Å²) in [5.41, 5.74) is 2.76. The minimum Gasteiger partial charge on any atom is -0.299 e. The lowest BCUT2D eigenvalue weighted by molar-refractivity contribution is -0.128. The van der Waals surface area contributed by atoms with Crippen molar-refractivity contribution in [1.29, 1.82) is 0 Å². The van der Waals surface area contributed by atoms with E-state index in [1.807, 2.05) is 91.0 Å². The second-order valence-corrected chi connectivity index (χ2v) is 6.80. The smallest absolute Gasteiger partial charge is 0.145 e. The van der Waals surface area contributed by atoms with Crippen LogP contribution in [0, 0.1) is 4.91 Å². The number of carbonyl (C=O) groups is 1. The first-order chi connectivity index (χ1) is 13.3. The number of ketones is 1. The number of rotatable bonds is 4. The van der Waals surface area contributed by atoms with Crippen LogP contribution in [-0.4, -0.2) is 10.8 Å². The number of benzene rings is 3. The van der Waals surface area contributed by atoms with E-state index in [4.69, 9.17) is 0 Å². The highest BCUT2D eigenvalue weighted by molar-refractivity contribution is 5.88. The van der Waals surface area contributed by atoms with E-state index < -0.39 is 12.0 Å². The first-order valence-corrected chi connectivity index (χ1v) is 9.08. The Kier molecular flexibility index (Phi) is 4.79. The maximum Gasteiger partial charge on any atom is 0.145 e. The van der Waals surface area contributed by atoms with Crippen molar-refractivity contribution < 1.29 is 4.79 Å². The maximum absolute atomic E-state index is 13.3. The van der Waals surface area contributed by atoms with Gasteiger partial charge in [-0.2, -0.15) is 0 Å². The molecule has 3 aromatic carbocycles. The summed E-state index contributed by atoms with van der Waals surface area (Å²) >= 11 is 0. The molecule has 4 nitrogen and oxygen atoms in total. The van der Waals surface area contributed by atoms with Crippen LogP contribution in [0.3, 0.4) is 0 Å². The Hall–Kier alpha value is -3.27. The molecule has 3 aromatic rings. The van der Waals surface area contributed by atoms with Crippen molar-refractivity contribution in [2.75, 3.05) is 0 Å². The topological polar surface area (TPSA) is 49.7 Å². The number of hydrogen-bond acceptors (Lipinski definition) is 3. The van der Waals surface area contributed by atoms with Crippen LogP contribution in [0.4, 0.5) is 0 Å². The second kappa shape index (κ2) is 7.54. The van der Waals surface area contributed by atoms with Crippen LogP contribution in [0.5, 0.6) is 0 Å². The third-order valence-corrected chi connectivity index (χ3v) is 5.24. The number of Topliss-reactive ketones (excluding diaryl/α,β-unsaturated/α-hetero) is 1. The van der Waals surface area contributed by atoms with Crippen molar-refractivity contribution in [1.82, 2.24) is 5.01 Å². The normalized spacial score (nSPS) is 22.4. The van der Waals surface area contributed by atoms with Crippen LogP contribution in [0.1, 0.15) is 41.1 Å². The number of nitrogens with zero attached hydrogens (tertiary/aromatic N) is 2. The summed E-state index contributed by atoms with van der Waals surface area (Å²) < 4.78 is 0. The first kappa shape index (κ1) is 17.2. The van der Waals surface area contributed by atoms with Gasteiger partial charge in [0, 0.05) is 6.42 Å². The van der Waals surface area contributed by atoms with Crippen LogP contribution in [-0.2, 0) is 4.79 Å². The fourth-order valence-electron chi connectivity index (χ4n) is 4.01. The number of piperidine rings is 1. The zero-order valence-corrected chi connectivity index (χ0v) is 14.8. The predicted molar refractivity (Wildman–Crippen MR) is 105 cm³/mol. The van der Waals surface area contributed by atoms with Gasteiger partial charge in [0.25, 0.3) is 0 Å². The van der Waals surface area contributed by atoms with Crippen LogP contribution in [0.25, 0.3) is 0 Å². The largest absolute Gasteiger partial charge is 0.299 e. The van der Waals surface area contributed by atoms with E-state index in [2.05, 4.69) is 5.29 Å². The van der Waals surface area contributed by atoms with Gasteiger partial charge in [0.15, 0.2) is 0 Å². The summed E-state index contributed by atoms with van der Waals surface area (Å²) in [7, 11) is 0. The van der Waals surface area contributed by atoms with Crippen LogP contribution < -0.4 is 0 Å². The molecule has 27 heavy (non-hydrogen) atoms. The van der Waals surface area contributed by atoms with Gasteiger partial charge < -0.3 is 0 Å². The molecule has 0 radical (unpaired) electrons. The van der Waals surface area contributed by atoms with Crippen LogP contribution in [0.2, 0.25) is 0 Å². The molecule has 1 aliphatic heterocycles. The van der Waals surface area contributed by atoms with Crippen molar-refractivity contribution in [3.63, 3.8) is 0 Å². The Morgan fingerprint density at radius 2 is 1.19 bits per heavy atom. The monoisotopic (exact) mass is 356 g/mol. The van der Waals surface area contributed by atoms with E-state index in [1.54, 1.807) is 5.01 Å². The number of nitroso groups, excluding NO2 is 1. The van der Waals surface area contributed by atoms with E-state index in [1.165, 1.54) is 0 Å². The third-order valence-electron chi connectivity index (χ3n) is 5.24. The SMILES string of the molecule is O=NN1[C@H](c2ccccc2)CC(=O)[C@@H](c2ccccc2)[C@@H]1c1ccccc1. The minimum absolute atomic E-state index is 0.129. The van der Waals surface area contributed by atoms with Gasteiger partial charge in [0.1, 0.15) is 5.78 Å². The van der Waals surface area contributed by atoms with E-state index >= 15 is 0 Å². The highest BCUT2D eigenvalue weighted by atomic mass is 16.3. The summed E-state index contributed by atoms with van der Waals surface area (Å²) in [5.74, 6) is -0.296. The van der Waals surface area contributed by atoms with Crippen LogP contribution in [0.15, 0.2) is 96.3 Å². The molecule has 0 aliphatic carbocycles. The molecule has 1 aliphatic rings. The Bertz CT molecular complexity index is 913. The Labute approximate surface area is 158 Å². The van der Waals surface area contributed by atoms with E-state index in [0.29, 0.717) is 0 Å². The van der Waals surface area contributed by atoms with E-state index in [-0.39, 0.29) is 18.2 Å². The van der Waals surface area contributed by atoms with Crippen molar-refractivity contribution in [3.05, 3.63) is 113 Å². The van der Waals surface area contributed by atoms with Gasteiger partial charge >= 0.3 is 0 Å². The van der Waals surface area contributed by atoms with E-state index in [0.717, 1.165) is 16.7 Å². The summed E-state index contributed by atoms with van der Waals surface area (Å²) in [6.45, 7) is 0. The van der Waals surface area contributed by atoms with Gasteiger partial charge in [-0.05, 0) is 16.7 Å². The predicted octanol–water partition coefficient (Wildman–Crippen LogP) is 5.21. The molecule has 0 aromatic heterocycles. The van der Waals surface area contributed by atoms with Crippen molar-refractivity contribution in [2.24, 2.45) is 5.29 Å². The lowest BCUT2D eigenvalue weighted by atomic mass is 9.76. The van der Waals surface area contributed by atoms with Crippen molar-refractivity contribution in [3.8, 4) is 0 Å². The van der Waals surface area contributed by atoms with Gasteiger partial charge in [0.2, 0.25) is 0 Å². The Morgan fingerprint density at radius 3 is 1.70 bits per heavy atom. The molecule has 4 heteroatoms.